The van der Waals surface area contributed by atoms with Gasteiger partial charge in [0.05, 0.1) is 21.1 Å². The van der Waals surface area contributed by atoms with Crippen LogP contribution >= 0.6 is 23.2 Å². The molecule has 3 aromatic rings. The SMILES string of the molecule is CC1C[C@]12C(=O)Nc1ccc(Oc3c(Cl)cc(-n4nc(N)c(=O)[nH]c4=O)cc3Cl)cc12. The van der Waals surface area contributed by atoms with Gasteiger partial charge >= 0.3 is 5.69 Å². The zero-order valence-electron chi connectivity index (χ0n) is 16.0. The molecule has 2 aliphatic rings. The maximum absolute atomic E-state index is 12.4. The fraction of sp³-hybridized carbons (Fsp3) is 0.200. The molecule has 0 saturated heterocycles. The van der Waals surface area contributed by atoms with Gasteiger partial charge in [-0.3, -0.25) is 14.6 Å². The lowest BCUT2D eigenvalue weighted by atomic mass is 9.95. The lowest BCUT2D eigenvalue weighted by Gasteiger charge is -2.14. The second-order valence-corrected chi connectivity index (χ2v) is 8.45. The number of hydrogen-bond acceptors (Lipinski definition) is 6. The molecule has 1 amide bonds. The van der Waals surface area contributed by atoms with Crippen LogP contribution in [0.25, 0.3) is 5.69 Å². The minimum Gasteiger partial charge on any atom is -0.454 e. The predicted octanol–water partition coefficient (Wildman–Crippen LogP) is 2.83. The summed E-state index contributed by atoms with van der Waals surface area (Å²) in [5.41, 5.74) is 5.28. The number of hydrogen-bond donors (Lipinski definition) is 3. The molecule has 2 aromatic carbocycles. The van der Waals surface area contributed by atoms with Gasteiger partial charge < -0.3 is 15.8 Å². The second-order valence-electron chi connectivity index (χ2n) is 7.63. The number of amides is 1. The molecule has 1 spiro atoms. The summed E-state index contributed by atoms with van der Waals surface area (Å²) in [5, 5.41) is 6.90. The quantitative estimate of drug-likeness (QED) is 0.551. The standard InChI is InChI=1S/C20H15Cl2N5O4/c1-8-7-20(8)11-6-10(2-3-14(11)24-18(20)29)31-15-12(21)4-9(5-13(15)22)27-19(30)25-17(28)16(23)26-27/h2-6,8H,7H2,1H3,(H2,23,26)(H,24,29)(H,25,28,30)/t8?,20-/m0/s1. The highest BCUT2D eigenvalue weighted by molar-refractivity contribution is 6.37. The van der Waals surface area contributed by atoms with Crippen molar-refractivity contribution in [3.63, 3.8) is 0 Å². The molecule has 1 fully saturated rings. The molecule has 1 unspecified atom stereocenters. The first-order chi connectivity index (χ1) is 14.7. The highest BCUT2D eigenvalue weighted by Crippen LogP contribution is 2.60. The topological polar surface area (TPSA) is 132 Å². The number of nitrogen functional groups attached to an aromatic ring is 1. The molecule has 0 radical (unpaired) electrons. The van der Waals surface area contributed by atoms with Gasteiger partial charge in [-0.05, 0) is 48.2 Å². The van der Waals surface area contributed by atoms with Crippen LogP contribution in [-0.4, -0.2) is 20.7 Å². The minimum absolute atomic E-state index is 0.00526. The number of rotatable bonds is 3. The van der Waals surface area contributed by atoms with Crippen LogP contribution in [0.15, 0.2) is 39.9 Å². The summed E-state index contributed by atoms with van der Waals surface area (Å²) >= 11 is 12.7. The number of nitrogens with one attached hydrogen (secondary N) is 2. The molecule has 5 rings (SSSR count). The van der Waals surface area contributed by atoms with E-state index in [9.17, 15) is 14.4 Å². The van der Waals surface area contributed by atoms with Crippen molar-refractivity contribution in [3.8, 4) is 17.2 Å². The lowest BCUT2D eigenvalue weighted by Crippen LogP contribution is -2.33. The Hall–Kier alpha value is -3.30. The number of fused-ring (bicyclic) bond motifs is 2. The van der Waals surface area contributed by atoms with Crippen LogP contribution in [0, 0.1) is 5.92 Å². The number of nitrogens with zero attached hydrogens (tertiary/aromatic N) is 2. The van der Waals surface area contributed by atoms with Crippen LogP contribution in [0.2, 0.25) is 10.0 Å². The number of H-pyrrole nitrogens is 1. The van der Waals surface area contributed by atoms with E-state index >= 15 is 0 Å². The van der Waals surface area contributed by atoms with Crippen molar-refractivity contribution in [2.75, 3.05) is 11.1 Å². The Balaban J connectivity index is 1.51. The zero-order valence-corrected chi connectivity index (χ0v) is 17.5. The number of benzene rings is 2. The maximum atomic E-state index is 12.4. The first-order valence-corrected chi connectivity index (χ1v) is 10.1. The van der Waals surface area contributed by atoms with Gasteiger partial charge in [0.25, 0.3) is 5.56 Å². The lowest BCUT2D eigenvalue weighted by molar-refractivity contribution is -0.118. The number of aromatic nitrogens is 3. The van der Waals surface area contributed by atoms with Gasteiger partial charge in [-0.15, -0.1) is 5.10 Å². The number of aromatic amines is 1. The highest BCUT2D eigenvalue weighted by atomic mass is 35.5. The largest absolute Gasteiger partial charge is 0.454 e. The molecule has 1 saturated carbocycles. The van der Waals surface area contributed by atoms with E-state index in [2.05, 4.69) is 15.4 Å². The molecule has 2 heterocycles. The minimum atomic E-state index is -0.792. The van der Waals surface area contributed by atoms with Gasteiger partial charge in [0, 0.05) is 5.69 Å². The van der Waals surface area contributed by atoms with Crippen molar-refractivity contribution in [2.45, 2.75) is 18.8 Å². The Morgan fingerprint density at radius 2 is 1.87 bits per heavy atom. The molecule has 9 nitrogen and oxygen atoms in total. The van der Waals surface area contributed by atoms with E-state index in [-0.39, 0.29) is 39.1 Å². The van der Waals surface area contributed by atoms with Crippen molar-refractivity contribution in [2.24, 2.45) is 5.92 Å². The number of carbonyl (C=O) groups excluding carboxylic acids is 1. The molecular weight excluding hydrogens is 445 g/mol. The van der Waals surface area contributed by atoms with E-state index in [4.69, 9.17) is 33.7 Å². The van der Waals surface area contributed by atoms with E-state index < -0.39 is 16.7 Å². The molecule has 0 bridgehead atoms. The van der Waals surface area contributed by atoms with Gasteiger partial charge in [-0.2, -0.15) is 4.68 Å². The molecule has 11 heteroatoms. The number of carbonyl (C=O) groups is 1. The van der Waals surface area contributed by atoms with Crippen LogP contribution in [0.4, 0.5) is 11.5 Å². The van der Waals surface area contributed by atoms with Crippen molar-refractivity contribution in [3.05, 3.63) is 66.8 Å². The van der Waals surface area contributed by atoms with E-state index in [1.54, 1.807) is 12.1 Å². The maximum Gasteiger partial charge on any atom is 0.349 e. The van der Waals surface area contributed by atoms with Gasteiger partial charge in [-0.25, -0.2) is 4.79 Å². The molecule has 1 aromatic heterocycles. The molecule has 1 aliphatic heterocycles. The summed E-state index contributed by atoms with van der Waals surface area (Å²) in [6, 6.07) is 8.13. The third-order valence-corrected chi connectivity index (χ3v) is 6.30. The van der Waals surface area contributed by atoms with Crippen LogP contribution in [0.1, 0.15) is 18.9 Å². The van der Waals surface area contributed by atoms with Crippen molar-refractivity contribution < 1.29 is 9.53 Å². The highest BCUT2D eigenvalue weighted by Gasteiger charge is 2.62. The molecule has 1 aliphatic carbocycles. The van der Waals surface area contributed by atoms with E-state index in [1.807, 2.05) is 13.0 Å². The first-order valence-electron chi connectivity index (χ1n) is 9.33. The van der Waals surface area contributed by atoms with Gasteiger partial charge in [0.2, 0.25) is 11.7 Å². The molecule has 4 N–H and O–H groups in total. The van der Waals surface area contributed by atoms with Crippen molar-refractivity contribution in [1.82, 2.24) is 14.8 Å². The van der Waals surface area contributed by atoms with E-state index in [1.165, 1.54) is 12.1 Å². The van der Waals surface area contributed by atoms with Crippen LogP contribution in [0.3, 0.4) is 0 Å². The monoisotopic (exact) mass is 459 g/mol. The van der Waals surface area contributed by atoms with Gasteiger partial charge in [-0.1, -0.05) is 30.1 Å². The van der Waals surface area contributed by atoms with Crippen LogP contribution in [-0.2, 0) is 10.2 Å². The smallest absolute Gasteiger partial charge is 0.349 e. The number of nitrogens with two attached hydrogens (primary N) is 1. The van der Waals surface area contributed by atoms with Crippen LogP contribution in [0.5, 0.6) is 11.5 Å². The molecule has 2 atom stereocenters. The molecule has 158 valence electrons. The Morgan fingerprint density at radius 3 is 2.52 bits per heavy atom. The number of halogens is 2. The first kappa shape index (κ1) is 19.7. The third-order valence-electron chi connectivity index (χ3n) is 5.74. The Labute approximate surface area is 184 Å². The van der Waals surface area contributed by atoms with E-state index in [0.717, 1.165) is 22.4 Å². The summed E-state index contributed by atoms with van der Waals surface area (Å²) in [6.07, 6.45) is 0.787. The summed E-state index contributed by atoms with van der Waals surface area (Å²) in [7, 11) is 0. The van der Waals surface area contributed by atoms with Gasteiger partial charge in [0.15, 0.2) is 5.75 Å². The summed E-state index contributed by atoms with van der Waals surface area (Å²) in [6.45, 7) is 2.04. The third kappa shape index (κ3) is 2.92. The number of ether oxygens (including phenoxy) is 1. The average Bonchev–Trinajstić information content (AvgIpc) is 3.32. The van der Waals surface area contributed by atoms with E-state index in [0.29, 0.717) is 5.75 Å². The average molecular weight is 460 g/mol. The fourth-order valence-electron chi connectivity index (χ4n) is 4.01. The van der Waals surface area contributed by atoms with Gasteiger partial charge in [0.1, 0.15) is 5.75 Å². The normalized spacial score (nSPS) is 21.1. The number of anilines is 2. The predicted molar refractivity (Wildman–Crippen MR) is 115 cm³/mol. The Kier molecular flexibility index (Phi) is 4.18. The molecular formula is C20H15Cl2N5O4. The second kappa shape index (κ2) is 6.60. The summed E-state index contributed by atoms with van der Waals surface area (Å²) < 4.78 is 6.81. The van der Waals surface area contributed by atoms with Crippen molar-refractivity contribution >= 4 is 40.6 Å². The Morgan fingerprint density at radius 1 is 1.19 bits per heavy atom. The van der Waals surface area contributed by atoms with Crippen LogP contribution < -0.4 is 27.0 Å². The van der Waals surface area contributed by atoms with Crippen molar-refractivity contribution in [1.29, 1.82) is 0 Å². The fourth-order valence-corrected chi connectivity index (χ4v) is 4.56. The summed E-state index contributed by atoms with van der Waals surface area (Å²) in [4.78, 5) is 37.9. The Bertz CT molecular complexity index is 1380. The summed E-state index contributed by atoms with van der Waals surface area (Å²) in [5.74, 6) is 0.523. The zero-order chi connectivity index (χ0) is 22.1. The molecule has 31 heavy (non-hydrogen) atoms.